The fourth-order valence-corrected chi connectivity index (χ4v) is 2.39. The average molecular weight is 207 g/mol. The van der Waals surface area contributed by atoms with Crippen LogP contribution >= 0.6 is 0 Å². The maximum Gasteiger partial charge on any atom is 0.0596 e. The van der Waals surface area contributed by atoms with E-state index < -0.39 is 0 Å². The van der Waals surface area contributed by atoms with Gasteiger partial charge in [-0.15, -0.1) is 0 Å². The lowest BCUT2D eigenvalue weighted by molar-refractivity contribution is 0.391. The largest absolute Gasteiger partial charge is 0.314 e. The summed E-state index contributed by atoms with van der Waals surface area (Å²) in [7, 11) is 0. The number of aryl methyl sites for hydroxylation is 2. The zero-order valence-corrected chi connectivity index (χ0v) is 9.79. The number of hydrogen-bond donors (Lipinski definition) is 1. The van der Waals surface area contributed by atoms with Crippen LogP contribution < -0.4 is 5.32 Å². The van der Waals surface area contributed by atoms with Crippen LogP contribution in [0.1, 0.15) is 37.6 Å². The molecular weight excluding hydrogens is 186 g/mol. The lowest BCUT2D eigenvalue weighted by Gasteiger charge is -2.23. The first-order valence-electron chi connectivity index (χ1n) is 6.06. The van der Waals surface area contributed by atoms with Gasteiger partial charge in [-0.05, 0) is 39.3 Å². The van der Waals surface area contributed by atoms with E-state index in [9.17, 15) is 0 Å². The standard InChI is InChI=1S/C12H21N3/c1-3-15-12(8-10(2)14-15)9-11-6-4-5-7-13-11/h8,11,13H,3-7,9H2,1-2H3. The molecule has 15 heavy (non-hydrogen) atoms. The zero-order valence-electron chi connectivity index (χ0n) is 9.79. The Morgan fingerprint density at radius 3 is 3.07 bits per heavy atom. The molecule has 0 radical (unpaired) electrons. The quantitative estimate of drug-likeness (QED) is 0.820. The van der Waals surface area contributed by atoms with Crippen LogP contribution in [-0.4, -0.2) is 22.4 Å². The molecule has 0 aromatic carbocycles. The third-order valence-electron chi connectivity index (χ3n) is 3.15. The van der Waals surface area contributed by atoms with E-state index in [-0.39, 0.29) is 0 Å². The van der Waals surface area contributed by atoms with Gasteiger partial charge in [-0.25, -0.2) is 0 Å². The highest BCUT2D eigenvalue weighted by Crippen LogP contribution is 2.13. The summed E-state index contributed by atoms with van der Waals surface area (Å²) >= 11 is 0. The van der Waals surface area contributed by atoms with E-state index in [1.54, 1.807) is 0 Å². The maximum absolute atomic E-state index is 4.48. The highest BCUT2D eigenvalue weighted by Gasteiger charge is 2.15. The first-order chi connectivity index (χ1) is 7.29. The summed E-state index contributed by atoms with van der Waals surface area (Å²) in [6.07, 6.45) is 5.15. The molecule has 3 heteroatoms. The van der Waals surface area contributed by atoms with E-state index in [1.165, 1.54) is 31.5 Å². The fraction of sp³-hybridized carbons (Fsp3) is 0.750. The number of hydrogen-bond acceptors (Lipinski definition) is 2. The molecule has 1 N–H and O–H groups in total. The molecule has 1 aliphatic heterocycles. The molecule has 0 spiro atoms. The monoisotopic (exact) mass is 207 g/mol. The molecule has 1 unspecified atom stereocenters. The molecule has 1 aromatic rings. The normalized spacial score (nSPS) is 21.9. The van der Waals surface area contributed by atoms with Crippen molar-refractivity contribution in [1.82, 2.24) is 15.1 Å². The van der Waals surface area contributed by atoms with Gasteiger partial charge >= 0.3 is 0 Å². The molecule has 2 rings (SSSR count). The van der Waals surface area contributed by atoms with Crippen LogP contribution in [0.5, 0.6) is 0 Å². The Kier molecular flexibility index (Phi) is 3.41. The molecule has 84 valence electrons. The van der Waals surface area contributed by atoms with Crippen molar-refractivity contribution in [3.8, 4) is 0 Å². The number of nitrogens with one attached hydrogen (secondary N) is 1. The Morgan fingerprint density at radius 2 is 2.40 bits per heavy atom. The molecule has 1 atom stereocenters. The summed E-state index contributed by atoms with van der Waals surface area (Å²) in [6, 6.07) is 2.89. The fourth-order valence-electron chi connectivity index (χ4n) is 2.39. The second-order valence-corrected chi connectivity index (χ2v) is 4.44. The molecule has 0 saturated carbocycles. The first-order valence-corrected chi connectivity index (χ1v) is 6.06. The molecule has 2 heterocycles. The van der Waals surface area contributed by atoms with Crippen LogP contribution in [0.25, 0.3) is 0 Å². The molecular formula is C12H21N3. The van der Waals surface area contributed by atoms with Crippen molar-refractivity contribution in [2.75, 3.05) is 6.54 Å². The van der Waals surface area contributed by atoms with Gasteiger partial charge in [0.1, 0.15) is 0 Å². The van der Waals surface area contributed by atoms with Crippen molar-refractivity contribution in [3.63, 3.8) is 0 Å². The summed E-state index contributed by atoms with van der Waals surface area (Å²) in [4.78, 5) is 0. The van der Waals surface area contributed by atoms with E-state index >= 15 is 0 Å². The minimum Gasteiger partial charge on any atom is -0.314 e. The third kappa shape index (κ3) is 2.59. The lowest BCUT2D eigenvalue weighted by atomic mass is 10.0. The van der Waals surface area contributed by atoms with Crippen LogP contribution in [0.2, 0.25) is 0 Å². The van der Waals surface area contributed by atoms with Crippen LogP contribution in [0, 0.1) is 6.92 Å². The van der Waals surface area contributed by atoms with E-state index in [0.29, 0.717) is 6.04 Å². The van der Waals surface area contributed by atoms with Gasteiger partial charge in [0.05, 0.1) is 5.69 Å². The number of nitrogens with zero attached hydrogens (tertiary/aromatic N) is 2. The third-order valence-corrected chi connectivity index (χ3v) is 3.15. The SMILES string of the molecule is CCn1nc(C)cc1CC1CCCCN1. The first kappa shape index (κ1) is 10.7. The molecule has 1 fully saturated rings. The molecule has 1 saturated heterocycles. The molecule has 1 aromatic heterocycles. The Morgan fingerprint density at radius 1 is 1.53 bits per heavy atom. The Labute approximate surface area is 91.9 Å². The van der Waals surface area contributed by atoms with Gasteiger partial charge < -0.3 is 5.32 Å². The van der Waals surface area contributed by atoms with Crippen LogP contribution in [0.15, 0.2) is 6.07 Å². The summed E-state index contributed by atoms with van der Waals surface area (Å²) < 4.78 is 2.13. The van der Waals surface area contributed by atoms with Gasteiger partial charge in [0.2, 0.25) is 0 Å². The van der Waals surface area contributed by atoms with Crippen molar-refractivity contribution in [3.05, 3.63) is 17.5 Å². The Bertz CT molecular complexity index is 311. The predicted octanol–water partition coefficient (Wildman–Crippen LogP) is 1.90. The Hall–Kier alpha value is -0.830. The molecule has 0 aliphatic carbocycles. The lowest BCUT2D eigenvalue weighted by Crippen LogP contribution is -2.36. The van der Waals surface area contributed by atoms with E-state index in [1.807, 2.05) is 0 Å². The summed E-state index contributed by atoms with van der Waals surface area (Å²) in [6.45, 7) is 6.40. The summed E-state index contributed by atoms with van der Waals surface area (Å²) in [5.74, 6) is 0. The minimum atomic E-state index is 0.667. The minimum absolute atomic E-state index is 0.667. The van der Waals surface area contributed by atoms with Gasteiger partial charge in [0.25, 0.3) is 0 Å². The smallest absolute Gasteiger partial charge is 0.0596 e. The molecule has 3 nitrogen and oxygen atoms in total. The van der Waals surface area contributed by atoms with Crippen molar-refractivity contribution in [1.29, 1.82) is 0 Å². The van der Waals surface area contributed by atoms with Crippen LogP contribution in [-0.2, 0) is 13.0 Å². The molecule has 0 amide bonds. The van der Waals surface area contributed by atoms with E-state index in [0.717, 1.165) is 18.7 Å². The van der Waals surface area contributed by atoms with Crippen LogP contribution in [0.4, 0.5) is 0 Å². The number of piperidine rings is 1. The molecule has 0 bridgehead atoms. The summed E-state index contributed by atoms with van der Waals surface area (Å²) in [5.41, 5.74) is 2.53. The number of aromatic nitrogens is 2. The van der Waals surface area contributed by atoms with Gasteiger partial charge in [-0.2, -0.15) is 5.10 Å². The second-order valence-electron chi connectivity index (χ2n) is 4.44. The average Bonchev–Trinajstić information content (AvgIpc) is 2.60. The highest BCUT2D eigenvalue weighted by molar-refractivity contribution is 5.10. The van der Waals surface area contributed by atoms with Crippen molar-refractivity contribution < 1.29 is 0 Å². The van der Waals surface area contributed by atoms with Crippen molar-refractivity contribution in [2.45, 2.75) is 52.1 Å². The maximum atomic E-state index is 4.48. The number of rotatable bonds is 3. The van der Waals surface area contributed by atoms with Gasteiger partial charge in [0, 0.05) is 24.7 Å². The van der Waals surface area contributed by atoms with Crippen molar-refractivity contribution in [2.24, 2.45) is 0 Å². The Balaban J connectivity index is 2.02. The van der Waals surface area contributed by atoms with Gasteiger partial charge in [-0.1, -0.05) is 6.42 Å². The highest BCUT2D eigenvalue weighted by atomic mass is 15.3. The van der Waals surface area contributed by atoms with E-state index in [2.05, 4.69) is 35.0 Å². The van der Waals surface area contributed by atoms with Gasteiger partial charge in [0.15, 0.2) is 0 Å². The van der Waals surface area contributed by atoms with Crippen molar-refractivity contribution >= 4 is 0 Å². The molecule has 1 aliphatic rings. The topological polar surface area (TPSA) is 29.9 Å². The predicted molar refractivity (Wildman–Crippen MR) is 62.0 cm³/mol. The van der Waals surface area contributed by atoms with E-state index in [4.69, 9.17) is 0 Å². The second kappa shape index (κ2) is 4.79. The summed E-state index contributed by atoms with van der Waals surface area (Å²) in [5, 5.41) is 8.07. The van der Waals surface area contributed by atoms with Gasteiger partial charge in [-0.3, -0.25) is 4.68 Å². The van der Waals surface area contributed by atoms with Crippen LogP contribution in [0.3, 0.4) is 0 Å². The zero-order chi connectivity index (χ0) is 10.7.